The topological polar surface area (TPSA) is 60.0 Å². The molecule has 0 radical (unpaired) electrons. The Morgan fingerprint density at radius 3 is 2.41 bits per heavy atom. The van der Waals surface area contributed by atoms with E-state index in [4.69, 9.17) is 26.4 Å². The Labute approximate surface area is 163 Å². The van der Waals surface area contributed by atoms with Gasteiger partial charge in [-0.25, -0.2) is 0 Å². The molecular formula is C20H20N2O4S. The molecule has 0 aromatic heterocycles. The van der Waals surface area contributed by atoms with Gasteiger partial charge in [0.15, 0.2) is 16.6 Å². The Kier molecular flexibility index (Phi) is 5.61. The van der Waals surface area contributed by atoms with Crippen molar-refractivity contribution in [2.75, 3.05) is 25.7 Å². The van der Waals surface area contributed by atoms with E-state index in [1.54, 1.807) is 44.6 Å². The number of benzene rings is 2. The van der Waals surface area contributed by atoms with Crippen molar-refractivity contribution in [1.82, 2.24) is 5.32 Å². The Morgan fingerprint density at radius 2 is 1.78 bits per heavy atom. The number of carbonyl (C=O) groups excluding carboxylic acids is 1. The van der Waals surface area contributed by atoms with Crippen molar-refractivity contribution < 1.29 is 19.0 Å². The summed E-state index contributed by atoms with van der Waals surface area (Å²) < 4.78 is 16.0. The molecule has 7 heteroatoms. The Balaban J connectivity index is 1.86. The normalized spacial score (nSPS) is 15.1. The minimum atomic E-state index is -0.223. The highest BCUT2D eigenvalue weighted by atomic mass is 32.1. The standard InChI is InChI=1S/C20H20N2O4S/c1-4-26-15-8-6-14(7-9-15)22-19(23)16(21-20(22)27)11-13-5-10-17(24-2)18(12-13)25-3/h5-12H,4H2,1-3H3,(H,21,27). The van der Waals surface area contributed by atoms with Crippen LogP contribution in [-0.4, -0.2) is 31.8 Å². The molecule has 1 saturated heterocycles. The van der Waals surface area contributed by atoms with Crippen LogP contribution in [0.25, 0.3) is 6.08 Å². The fourth-order valence-electron chi connectivity index (χ4n) is 2.74. The van der Waals surface area contributed by atoms with Crippen molar-refractivity contribution >= 4 is 35.0 Å². The molecule has 2 aromatic rings. The molecule has 1 fully saturated rings. The molecular weight excluding hydrogens is 364 g/mol. The van der Waals surface area contributed by atoms with Gasteiger partial charge in [0, 0.05) is 0 Å². The second-order valence-corrected chi connectivity index (χ2v) is 6.06. The molecule has 1 aliphatic rings. The first-order valence-corrected chi connectivity index (χ1v) is 8.80. The van der Waals surface area contributed by atoms with Gasteiger partial charge in [0.05, 0.1) is 26.5 Å². The van der Waals surface area contributed by atoms with E-state index in [0.29, 0.717) is 34.6 Å². The van der Waals surface area contributed by atoms with Crippen LogP contribution >= 0.6 is 12.2 Å². The maximum absolute atomic E-state index is 12.8. The van der Waals surface area contributed by atoms with Gasteiger partial charge in [0.1, 0.15) is 11.4 Å². The maximum Gasteiger partial charge on any atom is 0.281 e. The average molecular weight is 384 g/mol. The number of anilines is 1. The lowest BCUT2D eigenvalue weighted by Gasteiger charge is -2.14. The van der Waals surface area contributed by atoms with Gasteiger partial charge >= 0.3 is 0 Å². The number of nitrogens with one attached hydrogen (secondary N) is 1. The van der Waals surface area contributed by atoms with E-state index < -0.39 is 0 Å². The molecule has 0 aliphatic carbocycles. The first kappa shape index (κ1) is 18.7. The SMILES string of the molecule is CCOc1ccc(N2C(=O)C(=Cc3ccc(OC)c(OC)c3)NC2=S)cc1. The van der Waals surface area contributed by atoms with Crippen LogP contribution in [0.5, 0.6) is 17.2 Å². The molecule has 0 unspecified atom stereocenters. The Bertz CT molecular complexity index is 893. The number of hydrogen-bond acceptors (Lipinski definition) is 5. The second-order valence-electron chi connectivity index (χ2n) is 5.67. The van der Waals surface area contributed by atoms with Crippen molar-refractivity contribution in [1.29, 1.82) is 0 Å². The molecule has 0 saturated carbocycles. The number of hydrogen-bond donors (Lipinski definition) is 1. The van der Waals surface area contributed by atoms with Crippen molar-refractivity contribution in [2.45, 2.75) is 6.92 Å². The van der Waals surface area contributed by atoms with E-state index in [9.17, 15) is 4.79 Å². The Morgan fingerprint density at radius 1 is 1.07 bits per heavy atom. The number of nitrogens with zero attached hydrogens (tertiary/aromatic N) is 1. The second kappa shape index (κ2) is 8.09. The van der Waals surface area contributed by atoms with Crippen LogP contribution in [0, 0.1) is 0 Å². The summed E-state index contributed by atoms with van der Waals surface area (Å²) in [6, 6.07) is 12.6. The van der Waals surface area contributed by atoms with Crippen LogP contribution in [0.1, 0.15) is 12.5 Å². The lowest BCUT2D eigenvalue weighted by Crippen LogP contribution is -2.30. The number of carbonyl (C=O) groups is 1. The van der Waals surface area contributed by atoms with Gasteiger partial charge in [-0.3, -0.25) is 9.69 Å². The van der Waals surface area contributed by atoms with Crippen LogP contribution in [0.3, 0.4) is 0 Å². The van der Waals surface area contributed by atoms with Gasteiger partial charge in [-0.15, -0.1) is 0 Å². The van der Waals surface area contributed by atoms with Crippen LogP contribution in [-0.2, 0) is 4.79 Å². The third kappa shape index (κ3) is 3.88. The fraction of sp³-hybridized carbons (Fsp3) is 0.200. The molecule has 2 aromatic carbocycles. The summed E-state index contributed by atoms with van der Waals surface area (Å²) in [6.45, 7) is 2.50. The summed E-state index contributed by atoms with van der Waals surface area (Å²) in [6.07, 6.45) is 1.73. The molecule has 140 valence electrons. The maximum atomic E-state index is 12.8. The van der Waals surface area contributed by atoms with Crippen molar-refractivity contribution in [3.8, 4) is 17.2 Å². The van der Waals surface area contributed by atoms with Crippen LogP contribution in [0.2, 0.25) is 0 Å². The predicted molar refractivity (Wildman–Crippen MR) is 108 cm³/mol. The third-order valence-electron chi connectivity index (χ3n) is 4.00. The number of ether oxygens (including phenoxy) is 3. The van der Waals surface area contributed by atoms with E-state index in [2.05, 4.69) is 5.32 Å². The van der Waals surface area contributed by atoms with Gasteiger partial charge in [0.25, 0.3) is 5.91 Å². The quantitative estimate of drug-likeness (QED) is 0.609. The van der Waals surface area contributed by atoms with Gasteiger partial charge in [-0.1, -0.05) is 6.07 Å². The highest BCUT2D eigenvalue weighted by molar-refractivity contribution is 7.80. The molecule has 1 heterocycles. The molecule has 0 atom stereocenters. The summed E-state index contributed by atoms with van der Waals surface area (Å²) >= 11 is 5.34. The van der Waals surface area contributed by atoms with Gasteiger partial charge in [0.2, 0.25) is 0 Å². The number of thiocarbonyl (C=S) groups is 1. The Hall–Kier alpha value is -3.06. The van der Waals surface area contributed by atoms with E-state index in [1.165, 1.54) is 4.90 Å². The predicted octanol–water partition coefficient (Wildman–Crippen LogP) is 3.36. The number of amides is 1. The van der Waals surface area contributed by atoms with Gasteiger partial charge in [-0.05, 0) is 67.2 Å². The summed E-state index contributed by atoms with van der Waals surface area (Å²) in [4.78, 5) is 14.3. The lowest BCUT2D eigenvalue weighted by molar-refractivity contribution is -0.113. The van der Waals surface area contributed by atoms with Crippen molar-refractivity contribution in [3.05, 3.63) is 53.7 Å². The largest absolute Gasteiger partial charge is 0.494 e. The average Bonchev–Trinajstić information content (AvgIpc) is 2.96. The van der Waals surface area contributed by atoms with Gasteiger partial charge < -0.3 is 19.5 Å². The first-order valence-electron chi connectivity index (χ1n) is 8.39. The fourth-order valence-corrected chi connectivity index (χ4v) is 3.04. The molecule has 27 heavy (non-hydrogen) atoms. The molecule has 1 aliphatic heterocycles. The third-order valence-corrected chi connectivity index (χ3v) is 4.29. The molecule has 0 spiro atoms. The first-order chi connectivity index (χ1) is 13.1. The van der Waals surface area contributed by atoms with Crippen LogP contribution in [0.4, 0.5) is 5.69 Å². The van der Waals surface area contributed by atoms with Crippen LogP contribution < -0.4 is 24.4 Å². The lowest BCUT2D eigenvalue weighted by atomic mass is 10.1. The van der Waals surface area contributed by atoms with Crippen LogP contribution in [0.15, 0.2) is 48.2 Å². The minimum absolute atomic E-state index is 0.223. The van der Waals surface area contributed by atoms with Crippen molar-refractivity contribution in [2.24, 2.45) is 0 Å². The zero-order valence-corrected chi connectivity index (χ0v) is 16.1. The van der Waals surface area contributed by atoms with Gasteiger partial charge in [-0.2, -0.15) is 0 Å². The molecule has 1 amide bonds. The van der Waals surface area contributed by atoms with Crippen molar-refractivity contribution in [3.63, 3.8) is 0 Å². The monoisotopic (exact) mass is 384 g/mol. The summed E-state index contributed by atoms with van der Waals surface area (Å²) in [5, 5.41) is 3.30. The summed E-state index contributed by atoms with van der Waals surface area (Å²) in [7, 11) is 3.14. The molecule has 3 rings (SSSR count). The zero-order valence-electron chi connectivity index (χ0n) is 15.3. The molecule has 0 bridgehead atoms. The van der Waals surface area contributed by atoms with E-state index in [-0.39, 0.29) is 5.91 Å². The molecule has 6 nitrogen and oxygen atoms in total. The number of methoxy groups -OCH3 is 2. The summed E-state index contributed by atoms with van der Waals surface area (Å²) in [5.41, 5.74) is 1.86. The molecule has 1 N–H and O–H groups in total. The zero-order chi connectivity index (χ0) is 19.4. The minimum Gasteiger partial charge on any atom is -0.494 e. The van der Waals surface area contributed by atoms with E-state index >= 15 is 0 Å². The number of rotatable bonds is 6. The smallest absolute Gasteiger partial charge is 0.281 e. The van der Waals surface area contributed by atoms with E-state index in [1.807, 2.05) is 25.1 Å². The van der Waals surface area contributed by atoms with E-state index in [0.717, 1.165) is 11.3 Å². The highest BCUT2D eigenvalue weighted by Gasteiger charge is 2.32. The highest BCUT2D eigenvalue weighted by Crippen LogP contribution is 2.29. The summed E-state index contributed by atoms with van der Waals surface area (Å²) in [5.74, 6) is 1.73.